The second-order valence-corrected chi connectivity index (χ2v) is 14.0. The zero-order valence-corrected chi connectivity index (χ0v) is 28.9. The Morgan fingerprint density at radius 2 is 1.11 bits per heavy atom. The molecule has 11 rings (SSSR count). The molecule has 1 aliphatic rings. The Labute approximate surface area is 305 Å². The molecule has 53 heavy (non-hydrogen) atoms. The van der Waals surface area contributed by atoms with Crippen LogP contribution in [-0.4, -0.2) is 5.84 Å². The van der Waals surface area contributed by atoms with Crippen molar-refractivity contribution in [3.05, 3.63) is 186 Å². The maximum Gasteiger partial charge on any atom is 0.136 e. The number of rotatable bonds is 4. The molecule has 0 aliphatic carbocycles. The van der Waals surface area contributed by atoms with Crippen LogP contribution in [-0.2, 0) is 0 Å². The molecule has 0 bridgehead atoms. The van der Waals surface area contributed by atoms with Crippen LogP contribution in [0.1, 0.15) is 29.7 Å². The number of para-hydroxylation sites is 2. The first-order valence-corrected chi connectivity index (χ1v) is 18.1. The van der Waals surface area contributed by atoms with Crippen LogP contribution >= 0.6 is 0 Å². The van der Waals surface area contributed by atoms with Gasteiger partial charge in [0.1, 0.15) is 28.2 Å². The van der Waals surface area contributed by atoms with Crippen molar-refractivity contribution < 1.29 is 8.83 Å². The molecule has 3 heterocycles. The zero-order valence-electron chi connectivity index (χ0n) is 28.9. The van der Waals surface area contributed by atoms with Gasteiger partial charge in [-0.3, -0.25) is 0 Å². The Bertz CT molecular complexity index is 3160. The van der Waals surface area contributed by atoms with Crippen LogP contribution in [0, 0.1) is 0 Å². The molecule has 1 unspecified atom stereocenters. The predicted molar refractivity (Wildman–Crippen MR) is 219 cm³/mol. The van der Waals surface area contributed by atoms with Gasteiger partial charge in [0.25, 0.3) is 0 Å². The van der Waals surface area contributed by atoms with E-state index in [-0.39, 0.29) is 6.04 Å². The highest BCUT2D eigenvalue weighted by molar-refractivity contribution is 6.17. The van der Waals surface area contributed by atoms with Crippen molar-refractivity contribution in [1.29, 1.82) is 0 Å². The third-order valence-corrected chi connectivity index (χ3v) is 10.9. The van der Waals surface area contributed by atoms with E-state index in [1.165, 1.54) is 21.5 Å². The van der Waals surface area contributed by atoms with Crippen LogP contribution in [0.5, 0.6) is 0 Å². The van der Waals surface area contributed by atoms with Crippen LogP contribution in [0.3, 0.4) is 0 Å². The molecule has 250 valence electrons. The third kappa shape index (κ3) is 4.66. The summed E-state index contributed by atoms with van der Waals surface area (Å²) in [4.78, 5) is 5.49. The standard InChI is InChI=1S/C49H32N2O2/c1-29-47(32-23-24-44-40(26-32)37-19-9-11-21-42(37)52-44)50-49(30-13-3-2-4-14-30)51-48(29)41-27-33(28-45-46(41)38-20-10-12-22-43(38)53-45)39-25-31-15-5-6-16-34(31)35-17-7-8-18-36(35)39/h2-28,47H,1H3,(H,50,51). The molecule has 1 N–H and O–H groups in total. The minimum atomic E-state index is -0.144. The summed E-state index contributed by atoms with van der Waals surface area (Å²) in [5, 5.41) is 13.1. The summed E-state index contributed by atoms with van der Waals surface area (Å²) in [6.45, 7) is 2.21. The Kier molecular flexibility index (Phi) is 6.49. The molecule has 0 saturated carbocycles. The summed E-state index contributed by atoms with van der Waals surface area (Å²) in [7, 11) is 0. The summed E-state index contributed by atoms with van der Waals surface area (Å²) >= 11 is 0. The second kappa shape index (κ2) is 11.6. The van der Waals surface area contributed by atoms with E-state index in [0.29, 0.717) is 0 Å². The van der Waals surface area contributed by atoms with Gasteiger partial charge in [-0.05, 0) is 93.2 Å². The molecule has 2 aromatic heterocycles. The molecule has 8 aromatic carbocycles. The van der Waals surface area contributed by atoms with Gasteiger partial charge >= 0.3 is 0 Å². The number of aliphatic imine (C=N–C) groups is 1. The lowest BCUT2D eigenvalue weighted by Crippen LogP contribution is -2.33. The fraction of sp³-hybridized carbons (Fsp3) is 0.0408. The van der Waals surface area contributed by atoms with E-state index in [9.17, 15) is 0 Å². The van der Waals surface area contributed by atoms with E-state index in [2.05, 4.69) is 152 Å². The van der Waals surface area contributed by atoms with E-state index in [0.717, 1.165) is 88.8 Å². The quantitative estimate of drug-likeness (QED) is 0.188. The van der Waals surface area contributed by atoms with Crippen molar-refractivity contribution in [3.8, 4) is 11.1 Å². The van der Waals surface area contributed by atoms with Crippen molar-refractivity contribution >= 4 is 77.0 Å². The number of furan rings is 2. The molecule has 1 aliphatic heterocycles. The molecule has 0 saturated heterocycles. The summed E-state index contributed by atoms with van der Waals surface area (Å²) in [5.41, 5.74) is 11.0. The number of hydrogen-bond acceptors (Lipinski definition) is 4. The van der Waals surface area contributed by atoms with E-state index < -0.39 is 0 Å². The fourth-order valence-corrected chi connectivity index (χ4v) is 8.38. The zero-order chi connectivity index (χ0) is 35.0. The lowest BCUT2D eigenvalue weighted by Gasteiger charge is -2.29. The van der Waals surface area contributed by atoms with Crippen molar-refractivity contribution in [2.24, 2.45) is 4.99 Å². The Morgan fingerprint density at radius 1 is 0.472 bits per heavy atom. The SMILES string of the molecule is CC1=C(c2cc(-c3cc4ccccc4c4ccccc34)cc3oc4ccccc4c23)N=C(c2ccccc2)NC1c1ccc2oc3ccccc3c2c1. The lowest BCUT2D eigenvalue weighted by molar-refractivity contribution is 0.667. The first-order valence-electron chi connectivity index (χ1n) is 18.1. The molecule has 4 heteroatoms. The highest BCUT2D eigenvalue weighted by atomic mass is 16.3. The van der Waals surface area contributed by atoms with Gasteiger partial charge in [-0.1, -0.05) is 121 Å². The van der Waals surface area contributed by atoms with E-state index in [1.54, 1.807) is 0 Å². The van der Waals surface area contributed by atoms with Gasteiger partial charge in [0.15, 0.2) is 0 Å². The molecule has 0 amide bonds. The molecular formula is C49H32N2O2. The predicted octanol–water partition coefficient (Wildman–Crippen LogP) is 13.0. The Balaban J connectivity index is 1.20. The minimum absolute atomic E-state index is 0.144. The van der Waals surface area contributed by atoms with Gasteiger partial charge in [0.05, 0.1) is 11.7 Å². The average Bonchev–Trinajstić information content (AvgIpc) is 3.79. The van der Waals surface area contributed by atoms with Crippen LogP contribution in [0.25, 0.3) is 82.2 Å². The van der Waals surface area contributed by atoms with Crippen molar-refractivity contribution in [1.82, 2.24) is 5.32 Å². The van der Waals surface area contributed by atoms with Crippen LogP contribution in [0.4, 0.5) is 0 Å². The van der Waals surface area contributed by atoms with Crippen LogP contribution < -0.4 is 5.32 Å². The number of hydrogen-bond donors (Lipinski definition) is 1. The normalized spacial score (nSPS) is 14.9. The molecule has 0 spiro atoms. The summed E-state index contributed by atoms with van der Waals surface area (Å²) in [6.07, 6.45) is 0. The monoisotopic (exact) mass is 680 g/mol. The first-order chi connectivity index (χ1) is 26.2. The second-order valence-electron chi connectivity index (χ2n) is 14.0. The highest BCUT2D eigenvalue weighted by Crippen LogP contribution is 2.45. The van der Waals surface area contributed by atoms with Gasteiger partial charge in [-0.25, -0.2) is 4.99 Å². The maximum absolute atomic E-state index is 6.69. The molecule has 0 radical (unpaired) electrons. The van der Waals surface area contributed by atoms with Crippen molar-refractivity contribution in [2.75, 3.05) is 0 Å². The van der Waals surface area contributed by atoms with Gasteiger partial charge < -0.3 is 14.2 Å². The average molecular weight is 681 g/mol. The van der Waals surface area contributed by atoms with Gasteiger partial charge in [-0.15, -0.1) is 0 Å². The summed E-state index contributed by atoms with van der Waals surface area (Å²) in [5.74, 6) is 0.829. The first kappa shape index (κ1) is 29.8. The molecule has 10 aromatic rings. The lowest BCUT2D eigenvalue weighted by atomic mass is 9.88. The molecule has 4 nitrogen and oxygen atoms in total. The fourth-order valence-electron chi connectivity index (χ4n) is 8.38. The van der Waals surface area contributed by atoms with Gasteiger partial charge in [0, 0.05) is 32.7 Å². The molecule has 0 fully saturated rings. The smallest absolute Gasteiger partial charge is 0.136 e. The topological polar surface area (TPSA) is 50.7 Å². The summed E-state index contributed by atoms with van der Waals surface area (Å²) in [6, 6.07) is 57.6. The Hall–Kier alpha value is -6.91. The maximum atomic E-state index is 6.69. The Morgan fingerprint density at radius 3 is 1.94 bits per heavy atom. The molecule has 1 atom stereocenters. The van der Waals surface area contributed by atoms with Gasteiger partial charge in [0.2, 0.25) is 0 Å². The van der Waals surface area contributed by atoms with Crippen molar-refractivity contribution in [3.63, 3.8) is 0 Å². The molecular weight excluding hydrogens is 649 g/mol. The summed E-state index contributed by atoms with van der Waals surface area (Å²) < 4.78 is 12.9. The number of nitrogens with zero attached hydrogens (tertiary/aromatic N) is 1. The van der Waals surface area contributed by atoms with E-state index in [4.69, 9.17) is 13.8 Å². The minimum Gasteiger partial charge on any atom is -0.456 e. The van der Waals surface area contributed by atoms with E-state index >= 15 is 0 Å². The van der Waals surface area contributed by atoms with E-state index in [1.807, 2.05) is 24.3 Å². The number of fused-ring (bicyclic) bond motifs is 9. The third-order valence-electron chi connectivity index (χ3n) is 10.9. The highest BCUT2D eigenvalue weighted by Gasteiger charge is 2.28. The number of benzene rings is 8. The van der Waals surface area contributed by atoms with Crippen molar-refractivity contribution in [2.45, 2.75) is 13.0 Å². The number of nitrogens with one attached hydrogen (secondary N) is 1. The number of amidine groups is 1. The largest absolute Gasteiger partial charge is 0.456 e. The van der Waals surface area contributed by atoms with Gasteiger partial charge in [-0.2, -0.15) is 0 Å². The van der Waals surface area contributed by atoms with Crippen LogP contribution in [0.15, 0.2) is 183 Å². The van der Waals surface area contributed by atoms with Crippen LogP contribution in [0.2, 0.25) is 0 Å².